The molecule has 3 aromatic rings. The summed E-state index contributed by atoms with van der Waals surface area (Å²) in [6, 6.07) is 4.77. The van der Waals surface area contributed by atoms with Gasteiger partial charge < -0.3 is 5.32 Å². The number of hydrogen-bond acceptors (Lipinski definition) is 5. The first kappa shape index (κ1) is 13.2. The van der Waals surface area contributed by atoms with Crippen molar-refractivity contribution in [1.29, 1.82) is 0 Å². The molecule has 0 aliphatic carbocycles. The van der Waals surface area contributed by atoms with Crippen molar-refractivity contribution in [2.45, 2.75) is 0 Å². The lowest BCUT2D eigenvalue weighted by atomic mass is 10.2. The second-order valence-electron chi connectivity index (χ2n) is 4.06. The van der Waals surface area contributed by atoms with Crippen molar-refractivity contribution in [3.8, 4) is 12.3 Å². The number of fused-ring (bicyclic) bond motifs is 1. The van der Waals surface area contributed by atoms with Gasteiger partial charge >= 0.3 is 0 Å². The number of nitrogens with zero attached hydrogens (tertiary/aromatic N) is 4. The van der Waals surface area contributed by atoms with Crippen molar-refractivity contribution in [2.24, 2.45) is 0 Å². The zero-order chi connectivity index (χ0) is 14.8. The molecule has 0 fully saturated rings. The van der Waals surface area contributed by atoms with Crippen molar-refractivity contribution in [1.82, 2.24) is 19.9 Å². The van der Waals surface area contributed by atoms with Crippen LogP contribution in [0.3, 0.4) is 0 Å². The summed E-state index contributed by atoms with van der Waals surface area (Å²) in [6.07, 6.45) is 7.89. The van der Waals surface area contributed by atoms with E-state index in [-0.39, 0.29) is 10.8 Å². The Morgan fingerprint density at radius 3 is 2.90 bits per heavy atom. The maximum Gasteiger partial charge on any atom is 0.236 e. The minimum absolute atomic E-state index is 0.104. The third-order valence-electron chi connectivity index (χ3n) is 2.71. The maximum absolute atomic E-state index is 13.7. The Kier molecular flexibility index (Phi) is 3.34. The topological polar surface area (TPSA) is 63.6 Å². The SMILES string of the molecule is C#Cc1cnc(F)c(Nc2ncnc3ccc(Cl)nc23)c1. The molecule has 3 rings (SSSR count). The highest BCUT2D eigenvalue weighted by atomic mass is 35.5. The molecule has 7 heteroatoms. The number of aromatic nitrogens is 4. The smallest absolute Gasteiger partial charge is 0.236 e. The van der Waals surface area contributed by atoms with Crippen LogP contribution in [-0.4, -0.2) is 19.9 Å². The van der Waals surface area contributed by atoms with Gasteiger partial charge in [0, 0.05) is 11.8 Å². The number of anilines is 2. The minimum Gasteiger partial charge on any atom is -0.335 e. The summed E-state index contributed by atoms with van der Waals surface area (Å²) in [7, 11) is 0. The fraction of sp³-hybridized carbons (Fsp3) is 0. The van der Waals surface area contributed by atoms with Gasteiger partial charge in [0.1, 0.15) is 17.0 Å². The van der Waals surface area contributed by atoms with E-state index in [2.05, 4.69) is 31.2 Å². The van der Waals surface area contributed by atoms with Crippen LogP contribution in [-0.2, 0) is 0 Å². The zero-order valence-corrected chi connectivity index (χ0v) is 11.3. The first-order chi connectivity index (χ1) is 10.2. The summed E-state index contributed by atoms with van der Waals surface area (Å²) < 4.78 is 13.7. The molecule has 102 valence electrons. The fourth-order valence-corrected chi connectivity index (χ4v) is 1.90. The highest BCUT2D eigenvalue weighted by molar-refractivity contribution is 6.29. The number of terminal acetylenes is 1. The summed E-state index contributed by atoms with van der Waals surface area (Å²) in [6.45, 7) is 0. The highest BCUT2D eigenvalue weighted by Crippen LogP contribution is 2.24. The molecular formula is C14H7ClFN5. The molecule has 21 heavy (non-hydrogen) atoms. The molecule has 1 N–H and O–H groups in total. The van der Waals surface area contributed by atoms with Gasteiger partial charge in [0.2, 0.25) is 5.95 Å². The lowest BCUT2D eigenvalue weighted by Crippen LogP contribution is -2.01. The van der Waals surface area contributed by atoms with Crippen LogP contribution in [0.5, 0.6) is 0 Å². The third-order valence-corrected chi connectivity index (χ3v) is 2.92. The Labute approximate surface area is 124 Å². The number of rotatable bonds is 2. The van der Waals surface area contributed by atoms with Crippen molar-refractivity contribution < 1.29 is 4.39 Å². The van der Waals surface area contributed by atoms with Crippen LogP contribution < -0.4 is 5.32 Å². The molecule has 3 aromatic heterocycles. The van der Waals surface area contributed by atoms with Crippen LogP contribution in [0.2, 0.25) is 5.15 Å². The average Bonchev–Trinajstić information content (AvgIpc) is 2.50. The van der Waals surface area contributed by atoms with E-state index in [9.17, 15) is 4.39 Å². The maximum atomic E-state index is 13.7. The Hall–Kier alpha value is -2.78. The quantitative estimate of drug-likeness (QED) is 0.582. The molecule has 0 saturated heterocycles. The summed E-state index contributed by atoms with van der Waals surface area (Å²) in [5.41, 5.74) is 1.56. The number of hydrogen-bond donors (Lipinski definition) is 1. The van der Waals surface area contributed by atoms with E-state index < -0.39 is 5.95 Å². The molecular weight excluding hydrogens is 293 g/mol. The van der Waals surface area contributed by atoms with Crippen molar-refractivity contribution in [3.05, 3.63) is 47.4 Å². The summed E-state index contributed by atoms with van der Waals surface area (Å²) in [5.74, 6) is 2.01. The molecule has 0 saturated carbocycles. The van der Waals surface area contributed by atoms with Gasteiger partial charge in [-0.1, -0.05) is 17.5 Å². The standard InChI is InChI=1S/C14H7ClFN5/c1-2-8-5-10(13(16)17-6-8)20-14-12-9(18-7-19-14)3-4-11(15)21-12/h1,3-7H,(H,18,19,20). The van der Waals surface area contributed by atoms with E-state index in [0.717, 1.165) is 0 Å². The zero-order valence-electron chi connectivity index (χ0n) is 10.5. The van der Waals surface area contributed by atoms with E-state index in [1.807, 2.05) is 0 Å². The van der Waals surface area contributed by atoms with Crippen LogP contribution in [0.1, 0.15) is 5.56 Å². The van der Waals surface area contributed by atoms with Gasteiger partial charge in [0.05, 0.1) is 11.2 Å². The van der Waals surface area contributed by atoms with Gasteiger partial charge in [0.25, 0.3) is 0 Å². The van der Waals surface area contributed by atoms with Crippen LogP contribution in [0.4, 0.5) is 15.9 Å². The molecule has 0 amide bonds. The molecule has 0 bridgehead atoms. The van der Waals surface area contributed by atoms with Gasteiger partial charge in [0.15, 0.2) is 5.82 Å². The predicted octanol–water partition coefficient (Wildman–Crippen LogP) is 2.94. The molecule has 5 nitrogen and oxygen atoms in total. The molecule has 3 heterocycles. The van der Waals surface area contributed by atoms with Gasteiger partial charge in [-0.3, -0.25) is 0 Å². The van der Waals surface area contributed by atoms with E-state index in [4.69, 9.17) is 18.0 Å². The summed E-state index contributed by atoms with van der Waals surface area (Å²) in [4.78, 5) is 15.8. The van der Waals surface area contributed by atoms with Crippen molar-refractivity contribution >= 4 is 34.1 Å². The molecule has 0 aliphatic heterocycles. The summed E-state index contributed by atoms with van der Waals surface area (Å²) in [5, 5.41) is 3.10. The van der Waals surface area contributed by atoms with E-state index in [0.29, 0.717) is 22.4 Å². The normalized spacial score (nSPS) is 10.3. The van der Waals surface area contributed by atoms with Crippen LogP contribution >= 0.6 is 11.6 Å². The number of pyridine rings is 2. The van der Waals surface area contributed by atoms with Gasteiger partial charge in [-0.2, -0.15) is 4.39 Å². The van der Waals surface area contributed by atoms with Gasteiger partial charge in [-0.05, 0) is 18.2 Å². The Balaban J connectivity index is 2.10. The Bertz CT molecular complexity index is 875. The lowest BCUT2D eigenvalue weighted by Gasteiger charge is -2.08. The highest BCUT2D eigenvalue weighted by Gasteiger charge is 2.10. The summed E-state index contributed by atoms with van der Waals surface area (Å²) >= 11 is 5.87. The molecule has 0 spiro atoms. The number of halogens is 2. The average molecular weight is 300 g/mol. The van der Waals surface area contributed by atoms with Crippen LogP contribution in [0, 0.1) is 18.3 Å². The molecule has 0 unspecified atom stereocenters. The Morgan fingerprint density at radius 2 is 2.10 bits per heavy atom. The van der Waals surface area contributed by atoms with Gasteiger partial charge in [-0.25, -0.2) is 19.9 Å². The third kappa shape index (κ3) is 2.59. The second kappa shape index (κ2) is 5.31. The van der Waals surface area contributed by atoms with Crippen molar-refractivity contribution in [3.63, 3.8) is 0 Å². The van der Waals surface area contributed by atoms with E-state index >= 15 is 0 Å². The molecule has 0 aromatic carbocycles. The second-order valence-corrected chi connectivity index (χ2v) is 4.44. The Morgan fingerprint density at radius 1 is 1.24 bits per heavy atom. The lowest BCUT2D eigenvalue weighted by molar-refractivity contribution is 0.588. The predicted molar refractivity (Wildman–Crippen MR) is 77.8 cm³/mol. The van der Waals surface area contributed by atoms with E-state index in [1.165, 1.54) is 18.6 Å². The molecule has 0 aliphatic rings. The minimum atomic E-state index is -0.692. The first-order valence-corrected chi connectivity index (χ1v) is 6.21. The van der Waals surface area contributed by atoms with E-state index in [1.54, 1.807) is 12.1 Å². The fourth-order valence-electron chi connectivity index (χ4n) is 1.75. The monoisotopic (exact) mass is 299 g/mol. The molecule has 0 radical (unpaired) electrons. The largest absolute Gasteiger partial charge is 0.335 e. The van der Waals surface area contributed by atoms with Gasteiger partial charge in [-0.15, -0.1) is 6.42 Å². The molecule has 0 atom stereocenters. The van der Waals surface area contributed by atoms with Crippen molar-refractivity contribution in [2.75, 3.05) is 5.32 Å². The van der Waals surface area contributed by atoms with Crippen LogP contribution in [0.15, 0.2) is 30.7 Å². The van der Waals surface area contributed by atoms with Crippen LogP contribution in [0.25, 0.3) is 11.0 Å². The number of nitrogens with one attached hydrogen (secondary N) is 1. The first-order valence-electron chi connectivity index (χ1n) is 5.84.